The minimum absolute atomic E-state index is 0.00220. The molecule has 3 rings (SSSR count). The number of carbonyl (C=O) groups is 1. The Bertz CT molecular complexity index is 869. The first-order chi connectivity index (χ1) is 12.1. The zero-order valence-electron chi connectivity index (χ0n) is 14.1. The lowest BCUT2D eigenvalue weighted by molar-refractivity contribution is -0.136. The summed E-state index contributed by atoms with van der Waals surface area (Å²) in [6.45, 7) is 2.51. The molecule has 0 saturated carbocycles. The quantitative estimate of drug-likeness (QED) is 0.700. The number of hydrogen-bond donors (Lipinski definition) is 1. The monoisotopic (exact) mass is 332 g/mol. The minimum atomic E-state index is -0.840. The van der Waals surface area contributed by atoms with Crippen molar-refractivity contribution >= 4 is 5.97 Å². The molecule has 126 valence electrons. The molecular weight excluding hydrogens is 312 g/mol. The summed E-state index contributed by atoms with van der Waals surface area (Å²) in [5.41, 5.74) is 4.94. The Morgan fingerprint density at radius 1 is 0.920 bits per heavy atom. The first-order valence-electron chi connectivity index (χ1n) is 8.20. The number of carboxylic acids is 1. The highest BCUT2D eigenvalue weighted by molar-refractivity contribution is 5.75. The van der Waals surface area contributed by atoms with Crippen molar-refractivity contribution in [3.8, 4) is 16.9 Å². The standard InChI is InChI=1S/C22H20O3/c1-16-6-5-9-19(12-16)20-13-18(14-22(23)24)10-11-21(20)25-15-17-7-3-2-4-8-17/h2-13H,14-15H2,1H3,(H,23,24). The van der Waals surface area contributed by atoms with Gasteiger partial charge in [0.2, 0.25) is 0 Å². The van der Waals surface area contributed by atoms with E-state index in [1.807, 2.05) is 73.7 Å². The molecule has 0 spiro atoms. The summed E-state index contributed by atoms with van der Waals surface area (Å²) in [7, 11) is 0. The van der Waals surface area contributed by atoms with Crippen molar-refractivity contribution in [2.24, 2.45) is 0 Å². The van der Waals surface area contributed by atoms with Crippen LogP contribution in [0.3, 0.4) is 0 Å². The van der Waals surface area contributed by atoms with Gasteiger partial charge in [-0.15, -0.1) is 0 Å². The lowest BCUT2D eigenvalue weighted by Gasteiger charge is -2.14. The topological polar surface area (TPSA) is 46.5 Å². The van der Waals surface area contributed by atoms with Gasteiger partial charge in [-0.25, -0.2) is 0 Å². The van der Waals surface area contributed by atoms with Crippen LogP contribution in [0.4, 0.5) is 0 Å². The minimum Gasteiger partial charge on any atom is -0.488 e. The Morgan fingerprint density at radius 2 is 1.72 bits per heavy atom. The molecular formula is C22H20O3. The van der Waals surface area contributed by atoms with Gasteiger partial charge in [0, 0.05) is 5.56 Å². The smallest absolute Gasteiger partial charge is 0.307 e. The molecule has 0 unspecified atom stereocenters. The summed E-state index contributed by atoms with van der Waals surface area (Å²) in [4.78, 5) is 11.0. The molecule has 0 aliphatic rings. The van der Waals surface area contributed by atoms with Crippen LogP contribution in [0, 0.1) is 6.92 Å². The molecule has 1 N–H and O–H groups in total. The largest absolute Gasteiger partial charge is 0.488 e. The molecule has 0 heterocycles. The van der Waals surface area contributed by atoms with Gasteiger partial charge in [0.15, 0.2) is 0 Å². The van der Waals surface area contributed by atoms with Crippen molar-refractivity contribution < 1.29 is 14.6 Å². The average molecular weight is 332 g/mol. The van der Waals surface area contributed by atoms with Gasteiger partial charge in [-0.3, -0.25) is 4.79 Å². The third kappa shape index (κ3) is 4.48. The van der Waals surface area contributed by atoms with Crippen LogP contribution < -0.4 is 4.74 Å². The van der Waals surface area contributed by atoms with Crippen molar-refractivity contribution in [2.75, 3.05) is 0 Å². The SMILES string of the molecule is Cc1cccc(-c2cc(CC(=O)O)ccc2OCc2ccccc2)c1. The molecule has 25 heavy (non-hydrogen) atoms. The van der Waals surface area contributed by atoms with Crippen LogP contribution in [0.2, 0.25) is 0 Å². The molecule has 3 aromatic carbocycles. The number of benzene rings is 3. The van der Waals surface area contributed by atoms with E-state index < -0.39 is 5.97 Å². The van der Waals surface area contributed by atoms with E-state index in [9.17, 15) is 4.79 Å². The van der Waals surface area contributed by atoms with E-state index in [4.69, 9.17) is 9.84 Å². The second-order valence-corrected chi connectivity index (χ2v) is 6.04. The fourth-order valence-electron chi connectivity index (χ4n) is 2.76. The summed E-state index contributed by atoms with van der Waals surface area (Å²) in [6.07, 6.45) is -0.00220. The molecule has 0 amide bonds. The van der Waals surface area contributed by atoms with E-state index in [1.54, 1.807) is 0 Å². The van der Waals surface area contributed by atoms with Crippen LogP contribution in [-0.2, 0) is 17.8 Å². The van der Waals surface area contributed by atoms with Gasteiger partial charge in [0.05, 0.1) is 6.42 Å². The van der Waals surface area contributed by atoms with E-state index in [0.29, 0.717) is 6.61 Å². The van der Waals surface area contributed by atoms with Gasteiger partial charge < -0.3 is 9.84 Å². The van der Waals surface area contributed by atoms with Crippen molar-refractivity contribution in [3.63, 3.8) is 0 Å². The maximum Gasteiger partial charge on any atom is 0.307 e. The predicted octanol–water partition coefficient (Wildman–Crippen LogP) is 4.87. The number of aryl methyl sites for hydroxylation is 1. The zero-order valence-corrected chi connectivity index (χ0v) is 14.1. The highest BCUT2D eigenvalue weighted by Gasteiger charge is 2.10. The molecule has 0 aliphatic carbocycles. The Hall–Kier alpha value is -3.07. The van der Waals surface area contributed by atoms with E-state index in [-0.39, 0.29) is 6.42 Å². The number of hydrogen-bond acceptors (Lipinski definition) is 2. The van der Waals surface area contributed by atoms with Gasteiger partial charge in [0.1, 0.15) is 12.4 Å². The maximum absolute atomic E-state index is 11.0. The van der Waals surface area contributed by atoms with Gasteiger partial charge in [-0.05, 0) is 35.7 Å². The molecule has 0 aliphatic heterocycles. The number of rotatable bonds is 6. The number of carboxylic acid groups (broad SMARTS) is 1. The lowest BCUT2D eigenvalue weighted by atomic mass is 9.99. The van der Waals surface area contributed by atoms with Crippen LogP contribution in [-0.4, -0.2) is 11.1 Å². The summed E-state index contributed by atoms with van der Waals surface area (Å²) in [6, 6.07) is 23.7. The van der Waals surface area contributed by atoms with E-state index in [0.717, 1.165) is 33.6 Å². The van der Waals surface area contributed by atoms with Crippen molar-refractivity contribution in [1.29, 1.82) is 0 Å². The highest BCUT2D eigenvalue weighted by Crippen LogP contribution is 2.32. The first kappa shape index (κ1) is 16.8. The Kier molecular flexibility index (Phi) is 5.14. The molecule has 3 heteroatoms. The maximum atomic E-state index is 11.0. The average Bonchev–Trinajstić information content (AvgIpc) is 2.61. The van der Waals surface area contributed by atoms with Crippen molar-refractivity contribution in [1.82, 2.24) is 0 Å². The number of ether oxygens (including phenoxy) is 1. The number of aliphatic carboxylic acids is 1. The normalized spacial score (nSPS) is 10.4. The third-order valence-corrected chi connectivity index (χ3v) is 3.97. The fourth-order valence-corrected chi connectivity index (χ4v) is 2.76. The predicted molar refractivity (Wildman–Crippen MR) is 98.7 cm³/mol. The van der Waals surface area contributed by atoms with Gasteiger partial charge in [0.25, 0.3) is 0 Å². The summed E-state index contributed by atoms with van der Waals surface area (Å²) in [5.74, 6) is -0.0864. The summed E-state index contributed by atoms with van der Waals surface area (Å²) >= 11 is 0. The molecule has 3 nitrogen and oxygen atoms in total. The van der Waals surface area contributed by atoms with Gasteiger partial charge in [-0.1, -0.05) is 66.2 Å². The Balaban J connectivity index is 1.94. The van der Waals surface area contributed by atoms with Gasteiger partial charge >= 0.3 is 5.97 Å². The molecule has 0 atom stereocenters. The molecule has 0 saturated heterocycles. The lowest BCUT2D eigenvalue weighted by Crippen LogP contribution is -2.02. The molecule has 0 aromatic heterocycles. The van der Waals surface area contributed by atoms with Crippen LogP contribution in [0.25, 0.3) is 11.1 Å². The van der Waals surface area contributed by atoms with Crippen LogP contribution >= 0.6 is 0 Å². The second-order valence-electron chi connectivity index (χ2n) is 6.04. The molecule has 3 aromatic rings. The second kappa shape index (κ2) is 7.67. The van der Waals surface area contributed by atoms with E-state index >= 15 is 0 Å². The van der Waals surface area contributed by atoms with Crippen molar-refractivity contribution in [3.05, 3.63) is 89.5 Å². The summed E-state index contributed by atoms with van der Waals surface area (Å²) in [5, 5.41) is 9.06. The van der Waals surface area contributed by atoms with E-state index in [2.05, 4.69) is 6.07 Å². The first-order valence-corrected chi connectivity index (χ1v) is 8.20. The molecule has 0 bridgehead atoms. The van der Waals surface area contributed by atoms with Crippen molar-refractivity contribution in [2.45, 2.75) is 20.0 Å². The van der Waals surface area contributed by atoms with Crippen LogP contribution in [0.1, 0.15) is 16.7 Å². The Morgan fingerprint density at radius 3 is 2.44 bits per heavy atom. The zero-order chi connectivity index (χ0) is 17.6. The summed E-state index contributed by atoms with van der Waals surface area (Å²) < 4.78 is 6.03. The Labute approximate surface area is 147 Å². The highest BCUT2D eigenvalue weighted by atomic mass is 16.5. The van der Waals surface area contributed by atoms with E-state index in [1.165, 1.54) is 0 Å². The molecule has 0 radical (unpaired) electrons. The van der Waals surface area contributed by atoms with Crippen LogP contribution in [0.5, 0.6) is 5.75 Å². The third-order valence-electron chi connectivity index (χ3n) is 3.97. The fraction of sp³-hybridized carbons (Fsp3) is 0.136. The van der Waals surface area contributed by atoms with Crippen LogP contribution in [0.15, 0.2) is 72.8 Å². The molecule has 0 fully saturated rings. The van der Waals surface area contributed by atoms with Gasteiger partial charge in [-0.2, -0.15) is 0 Å².